The molecule has 5 heterocycles. The van der Waals surface area contributed by atoms with Crippen LogP contribution in [-0.2, 0) is 5.41 Å². The average Bonchev–Trinajstić information content (AvgIpc) is 3.61. The minimum atomic E-state index is -0.151. The molecule has 204 valence electrons. The van der Waals surface area contributed by atoms with Gasteiger partial charge >= 0.3 is 0 Å². The lowest BCUT2D eigenvalue weighted by Gasteiger charge is -2.24. The Kier molecular flexibility index (Phi) is 5.16. The van der Waals surface area contributed by atoms with Crippen molar-refractivity contribution in [3.8, 4) is 17.2 Å². The number of para-hydroxylation sites is 2. The van der Waals surface area contributed by atoms with Crippen LogP contribution in [-0.4, -0.2) is 29.1 Å². The number of nitrogens with zero attached hydrogens (tertiary/aromatic N) is 6. The fraction of sp³-hybridized carbons (Fsp3) is 0.143. The van der Waals surface area contributed by atoms with Gasteiger partial charge in [0.05, 0.1) is 27.9 Å². The zero-order chi connectivity index (χ0) is 28.6. The summed E-state index contributed by atoms with van der Waals surface area (Å²) in [5.41, 5.74) is 7.42. The molecule has 8 rings (SSSR count). The Morgan fingerprint density at radius 2 is 1.48 bits per heavy atom. The molecule has 0 amide bonds. The van der Waals surface area contributed by atoms with Crippen LogP contribution in [0.1, 0.15) is 32.0 Å². The van der Waals surface area contributed by atoms with Crippen molar-refractivity contribution in [3.05, 3.63) is 109 Å². The number of rotatable bonds is 3. The van der Waals surface area contributed by atoms with E-state index < -0.39 is 0 Å². The number of aryl methyl sites for hydroxylation is 1. The minimum absolute atomic E-state index is 0.151. The van der Waals surface area contributed by atoms with Gasteiger partial charge in [0.2, 0.25) is 0 Å². The highest BCUT2D eigenvalue weighted by atomic mass is 16.5. The maximum Gasteiger partial charge on any atom is 0.170 e. The van der Waals surface area contributed by atoms with Crippen molar-refractivity contribution < 1.29 is 4.74 Å². The van der Waals surface area contributed by atoms with Crippen molar-refractivity contribution in [3.63, 3.8) is 0 Å². The van der Waals surface area contributed by atoms with Crippen LogP contribution in [0.25, 0.3) is 55.1 Å². The smallest absolute Gasteiger partial charge is 0.170 e. The van der Waals surface area contributed by atoms with Gasteiger partial charge in [-0.3, -0.25) is 8.97 Å². The van der Waals surface area contributed by atoms with Gasteiger partial charge in [0, 0.05) is 39.4 Å². The van der Waals surface area contributed by atoms with E-state index in [1.807, 2.05) is 35.7 Å². The monoisotopic (exact) mass is 548 g/mol. The average molecular weight is 549 g/mol. The van der Waals surface area contributed by atoms with E-state index >= 15 is 0 Å². The molecule has 0 saturated carbocycles. The van der Waals surface area contributed by atoms with Gasteiger partial charge in [0.1, 0.15) is 23.5 Å². The van der Waals surface area contributed by atoms with Gasteiger partial charge in [-0.05, 0) is 48.7 Å². The molecule has 0 aliphatic carbocycles. The number of fused-ring (bicyclic) bond motifs is 9. The second-order valence-electron chi connectivity index (χ2n) is 11.8. The summed E-state index contributed by atoms with van der Waals surface area (Å²) < 4.78 is 11.0. The van der Waals surface area contributed by atoms with Crippen LogP contribution in [0.3, 0.4) is 0 Å². The maximum absolute atomic E-state index is 6.82. The lowest BCUT2D eigenvalue weighted by molar-refractivity contribution is 0.451. The maximum atomic E-state index is 6.82. The Hall–Kier alpha value is -5.30. The SMILES string of the molecule is Cc1nc2c3ccccc3n3cnnc3c2cc1Oc1cc(-n2c3ccccc3c3cccnc32)ccc1C(C)(C)C. The molecule has 8 aromatic rings. The number of benzene rings is 3. The third-order valence-corrected chi connectivity index (χ3v) is 8.06. The molecule has 42 heavy (non-hydrogen) atoms. The first-order chi connectivity index (χ1) is 20.4. The third-order valence-electron chi connectivity index (χ3n) is 8.06. The normalized spacial score (nSPS) is 12.3. The van der Waals surface area contributed by atoms with Crippen molar-refractivity contribution in [2.24, 2.45) is 0 Å². The highest BCUT2D eigenvalue weighted by Gasteiger charge is 2.23. The van der Waals surface area contributed by atoms with Gasteiger partial charge in [0.25, 0.3) is 0 Å². The van der Waals surface area contributed by atoms with Gasteiger partial charge < -0.3 is 4.74 Å². The number of ether oxygens (including phenoxy) is 1. The first kappa shape index (κ1) is 24.5. The molecule has 0 bridgehead atoms. The fourth-order valence-corrected chi connectivity index (χ4v) is 6.07. The first-order valence-corrected chi connectivity index (χ1v) is 14.1. The molecule has 0 unspecified atom stereocenters. The Bertz CT molecular complexity index is 2290. The van der Waals surface area contributed by atoms with E-state index in [1.165, 1.54) is 5.39 Å². The second kappa shape index (κ2) is 8.85. The zero-order valence-electron chi connectivity index (χ0n) is 23.8. The van der Waals surface area contributed by atoms with Crippen molar-refractivity contribution in [1.82, 2.24) is 29.1 Å². The van der Waals surface area contributed by atoms with Crippen molar-refractivity contribution in [2.45, 2.75) is 33.1 Å². The lowest BCUT2D eigenvalue weighted by Crippen LogP contribution is -2.13. The van der Waals surface area contributed by atoms with E-state index in [1.54, 1.807) is 6.33 Å². The summed E-state index contributed by atoms with van der Waals surface area (Å²) in [6.45, 7) is 8.60. The van der Waals surface area contributed by atoms with E-state index in [4.69, 9.17) is 14.7 Å². The minimum Gasteiger partial charge on any atom is -0.455 e. The third kappa shape index (κ3) is 3.59. The highest BCUT2D eigenvalue weighted by Crippen LogP contribution is 2.40. The van der Waals surface area contributed by atoms with E-state index in [0.717, 1.165) is 66.7 Å². The Morgan fingerprint density at radius 3 is 2.31 bits per heavy atom. The van der Waals surface area contributed by atoms with Gasteiger partial charge in [-0.25, -0.2) is 9.97 Å². The van der Waals surface area contributed by atoms with Crippen molar-refractivity contribution >= 4 is 49.4 Å². The zero-order valence-corrected chi connectivity index (χ0v) is 23.8. The van der Waals surface area contributed by atoms with E-state index in [2.05, 4.69) is 102 Å². The van der Waals surface area contributed by atoms with E-state index in [-0.39, 0.29) is 5.41 Å². The Balaban J connectivity index is 1.35. The summed E-state index contributed by atoms with van der Waals surface area (Å²) in [7, 11) is 0. The molecule has 0 atom stereocenters. The quantitative estimate of drug-likeness (QED) is 0.208. The van der Waals surface area contributed by atoms with Crippen molar-refractivity contribution in [2.75, 3.05) is 0 Å². The predicted molar refractivity (Wildman–Crippen MR) is 168 cm³/mol. The van der Waals surface area contributed by atoms with Gasteiger partial charge in [-0.2, -0.15) is 0 Å². The highest BCUT2D eigenvalue weighted by molar-refractivity contribution is 6.10. The molecule has 7 nitrogen and oxygen atoms in total. The summed E-state index contributed by atoms with van der Waals surface area (Å²) in [6, 6.07) is 29.2. The summed E-state index contributed by atoms with van der Waals surface area (Å²) in [5, 5.41) is 12.9. The summed E-state index contributed by atoms with van der Waals surface area (Å²) in [5.74, 6) is 1.47. The van der Waals surface area contributed by atoms with Crippen LogP contribution in [0.5, 0.6) is 11.5 Å². The molecule has 5 aromatic heterocycles. The van der Waals surface area contributed by atoms with Crippen LogP contribution in [0.2, 0.25) is 0 Å². The molecular weight excluding hydrogens is 520 g/mol. The van der Waals surface area contributed by atoms with Crippen LogP contribution in [0.4, 0.5) is 0 Å². The molecule has 7 heteroatoms. The Labute approximate surface area is 242 Å². The van der Waals surface area contributed by atoms with Crippen LogP contribution >= 0.6 is 0 Å². The van der Waals surface area contributed by atoms with E-state index in [0.29, 0.717) is 5.75 Å². The molecule has 0 radical (unpaired) electrons. The summed E-state index contributed by atoms with van der Waals surface area (Å²) in [4.78, 5) is 9.83. The topological polar surface area (TPSA) is 70.1 Å². The molecular formula is C35H28N6O. The first-order valence-electron chi connectivity index (χ1n) is 14.1. The molecule has 3 aromatic carbocycles. The lowest BCUT2D eigenvalue weighted by atomic mass is 9.86. The molecule has 0 aliphatic rings. The molecule has 0 spiro atoms. The van der Waals surface area contributed by atoms with Crippen LogP contribution in [0.15, 0.2) is 97.5 Å². The summed E-state index contributed by atoms with van der Waals surface area (Å²) >= 11 is 0. The van der Waals surface area contributed by atoms with Crippen molar-refractivity contribution in [1.29, 1.82) is 0 Å². The van der Waals surface area contributed by atoms with E-state index in [9.17, 15) is 0 Å². The second-order valence-corrected chi connectivity index (χ2v) is 11.8. The largest absolute Gasteiger partial charge is 0.455 e. The van der Waals surface area contributed by atoms with Gasteiger partial charge in [-0.15, -0.1) is 10.2 Å². The standard InChI is InChI=1S/C35H28N6O/c1-21-30(19-26-32(38-21)25-11-6-7-13-28(25)40-20-37-39-34(26)40)42-31-18-22(15-16-27(31)35(2,3)4)41-29-14-8-5-10-23(29)24-12-9-17-36-33(24)41/h5-20H,1-4H3. The number of hydrogen-bond acceptors (Lipinski definition) is 5. The fourth-order valence-electron chi connectivity index (χ4n) is 6.07. The summed E-state index contributed by atoms with van der Waals surface area (Å²) in [6.07, 6.45) is 3.59. The Morgan fingerprint density at radius 1 is 0.714 bits per heavy atom. The number of pyridine rings is 3. The number of hydrogen-bond donors (Lipinski definition) is 0. The van der Waals surface area contributed by atoms with Crippen LogP contribution in [0, 0.1) is 6.92 Å². The molecule has 0 N–H and O–H groups in total. The molecule has 0 saturated heterocycles. The van der Waals surface area contributed by atoms with Crippen LogP contribution < -0.4 is 4.74 Å². The predicted octanol–water partition coefficient (Wildman–Crippen LogP) is 8.32. The van der Waals surface area contributed by atoms with Gasteiger partial charge in [-0.1, -0.05) is 63.2 Å². The number of aromatic nitrogens is 6. The van der Waals surface area contributed by atoms with Gasteiger partial charge in [0.15, 0.2) is 5.65 Å². The molecule has 0 aliphatic heterocycles. The molecule has 0 fully saturated rings.